The van der Waals surface area contributed by atoms with Gasteiger partial charge in [-0.1, -0.05) is 30.3 Å². The molecule has 3 heterocycles. The van der Waals surface area contributed by atoms with Gasteiger partial charge < -0.3 is 19.9 Å². The van der Waals surface area contributed by atoms with Crippen LogP contribution in [0.1, 0.15) is 41.6 Å². The van der Waals surface area contributed by atoms with Gasteiger partial charge in [-0.2, -0.15) is 15.2 Å². The van der Waals surface area contributed by atoms with E-state index in [9.17, 15) is 14.9 Å². The first-order chi connectivity index (χ1) is 17.4. The second-order valence-corrected chi connectivity index (χ2v) is 9.78. The number of piperazine rings is 1. The number of ether oxygens (including phenoxy) is 1. The largest absolute Gasteiger partial charge is 0.467 e. The molecule has 1 spiro atoms. The highest BCUT2D eigenvalue weighted by molar-refractivity contribution is 6.04. The zero-order valence-electron chi connectivity index (χ0n) is 20.7. The highest BCUT2D eigenvalue weighted by Crippen LogP contribution is 2.46. The molecule has 1 N–H and O–H groups in total. The van der Waals surface area contributed by atoms with Gasteiger partial charge in [-0.05, 0) is 43.4 Å². The minimum atomic E-state index is -0.677. The highest BCUT2D eigenvalue weighted by Gasteiger charge is 2.48. The quantitative estimate of drug-likeness (QED) is 0.662. The van der Waals surface area contributed by atoms with Crippen molar-refractivity contribution >= 4 is 23.3 Å². The third-order valence-corrected chi connectivity index (χ3v) is 7.66. The number of hydrogen-bond acceptors (Lipinski definition) is 7. The molecule has 0 bridgehead atoms. The van der Waals surface area contributed by atoms with Crippen LogP contribution in [-0.4, -0.2) is 59.5 Å². The van der Waals surface area contributed by atoms with Crippen LogP contribution in [0.5, 0.6) is 6.01 Å². The first-order valence-electron chi connectivity index (χ1n) is 12.3. The van der Waals surface area contributed by atoms with Crippen LogP contribution in [0.4, 0.5) is 11.5 Å². The van der Waals surface area contributed by atoms with Crippen molar-refractivity contribution in [2.45, 2.75) is 50.5 Å². The third-order valence-electron chi connectivity index (χ3n) is 7.66. The van der Waals surface area contributed by atoms with Gasteiger partial charge in [0.2, 0.25) is 11.8 Å². The summed E-state index contributed by atoms with van der Waals surface area (Å²) in [5.74, 6) is 0.330. The molecule has 2 aliphatic heterocycles. The average Bonchev–Trinajstić information content (AvgIpc) is 2.88. The molecule has 2 aromatic rings. The van der Waals surface area contributed by atoms with Crippen LogP contribution in [0.15, 0.2) is 30.9 Å². The van der Waals surface area contributed by atoms with Crippen molar-refractivity contribution in [2.24, 2.45) is 0 Å². The minimum absolute atomic E-state index is 0.0381. The molecule has 1 fully saturated rings. The third kappa shape index (κ3) is 3.87. The van der Waals surface area contributed by atoms with E-state index in [0.717, 1.165) is 30.5 Å². The van der Waals surface area contributed by atoms with Crippen LogP contribution in [0, 0.1) is 18.3 Å². The summed E-state index contributed by atoms with van der Waals surface area (Å²) in [5.41, 5.74) is 4.14. The normalized spacial score (nSPS) is 22.8. The SMILES string of the molecule is C=CC(=O)N1CCN(c2nc(OC)nc3c2NC(=O)C2(CCCc4cc(C)ccc42)C3)CC1CC#N. The second kappa shape index (κ2) is 9.26. The van der Waals surface area contributed by atoms with E-state index in [0.29, 0.717) is 37.6 Å². The predicted octanol–water partition coefficient (Wildman–Crippen LogP) is 2.68. The van der Waals surface area contributed by atoms with Gasteiger partial charge in [0.25, 0.3) is 0 Å². The number of nitriles is 1. The minimum Gasteiger partial charge on any atom is -0.467 e. The standard InChI is InChI=1S/C27H30N6O3/c1-4-22(34)33-13-12-32(16-19(33)9-11-28)24-23-21(29-26(31-24)36-3)15-27(25(35)30-23)10-5-6-18-14-17(2)7-8-20(18)27/h4,7-8,14,19H,1,5-6,9-10,12-13,15-16H2,2-3H3,(H,30,35). The summed E-state index contributed by atoms with van der Waals surface area (Å²) in [6.45, 7) is 6.98. The summed E-state index contributed by atoms with van der Waals surface area (Å²) < 4.78 is 5.46. The Bertz CT molecular complexity index is 1290. The fraction of sp³-hybridized carbons (Fsp3) is 0.444. The first kappa shape index (κ1) is 23.8. The topological polar surface area (TPSA) is 111 Å². The Morgan fingerprint density at radius 1 is 1.39 bits per heavy atom. The molecule has 36 heavy (non-hydrogen) atoms. The molecular weight excluding hydrogens is 456 g/mol. The lowest BCUT2D eigenvalue weighted by molar-refractivity contribution is -0.128. The van der Waals surface area contributed by atoms with Crippen LogP contribution in [0.3, 0.4) is 0 Å². The van der Waals surface area contributed by atoms with Gasteiger partial charge >= 0.3 is 6.01 Å². The van der Waals surface area contributed by atoms with Crippen molar-refractivity contribution in [3.05, 3.63) is 53.2 Å². The number of aromatic nitrogens is 2. The molecule has 1 aliphatic carbocycles. The summed E-state index contributed by atoms with van der Waals surface area (Å²) in [7, 11) is 1.53. The number of fused-ring (bicyclic) bond motifs is 3. The Hall–Kier alpha value is -3.93. The van der Waals surface area contributed by atoms with E-state index in [1.807, 2.05) is 4.90 Å². The van der Waals surface area contributed by atoms with E-state index in [-0.39, 0.29) is 30.3 Å². The molecule has 9 heteroatoms. The lowest BCUT2D eigenvalue weighted by Gasteiger charge is -2.44. The number of aryl methyl sites for hydroxylation is 2. The Labute approximate surface area is 210 Å². The Balaban J connectivity index is 1.54. The van der Waals surface area contributed by atoms with Crippen molar-refractivity contribution in [2.75, 3.05) is 37.0 Å². The molecular formula is C27H30N6O3. The van der Waals surface area contributed by atoms with Crippen LogP contribution in [0.2, 0.25) is 0 Å². The summed E-state index contributed by atoms with van der Waals surface area (Å²) in [4.78, 5) is 39.1. The molecule has 1 aromatic heterocycles. The smallest absolute Gasteiger partial charge is 0.318 e. The molecule has 0 radical (unpaired) electrons. The summed E-state index contributed by atoms with van der Waals surface area (Å²) in [5, 5.41) is 12.5. The van der Waals surface area contributed by atoms with Gasteiger partial charge in [0.15, 0.2) is 5.82 Å². The zero-order chi connectivity index (χ0) is 25.4. The molecule has 186 valence electrons. The number of carbonyl (C=O) groups is 2. The highest BCUT2D eigenvalue weighted by atomic mass is 16.5. The Morgan fingerprint density at radius 2 is 2.22 bits per heavy atom. The van der Waals surface area contributed by atoms with Crippen molar-refractivity contribution in [1.29, 1.82) is 5.26 Å². The number of hydrogen-bond donors (Lipinski definition) is 1. The molecule has 2 atom stereocenters. The van der Waals surface area contributed by atoms with Gasteiger partial charge in [0.05, 0.1) is 36.8 Å². The second-order valence-electron chi connectivity index (χ2n) is 9.78. The average molecular weight is 487 g/mol. The monoisotopic (exact) mass is 486 g/mol. The van der Waals surface area contributed by atoms with Crippen molar-refractivity contribution < 1.29 is 14.3 Å². The van der Waals surface area contributed by atoms with Crippen molar-refractivity contribution in [3.8, 4) is 12.1 Å². The van der Waals surface area contributed by atoms with E-state index >= 15 is 0 Å². The maximum Gasteiger partial charge on any atom is 0.318 e. The van der Waals surface area contributed by atoms with Crippen molar-refractivity contribution in [1.82, 2.24) is 14.9 Å². The van der Waals surface area contributed by atoms with Gasteiger partial charge in [-0.25, -0.2) is 0 Å². The van der Waals surface area contributed by atoms with E-state index < -0.39 is 5.41 Å². The molecule has 5 rings (SSSR count). The molecule has 2 unspecified atom stereocenters. The molecule has 0 saturated carbocycles. The maximum absolute atomic E-state index is 13.8. The predicted molar refractivity (Wildman–Crippen MR) is 135 cm³/mol. The van der Waals surface area contributed by atoms with E-state index in [2.05, 4.69) is 53.1 Å². The Kier molecular flexibility index (Phi) is 6.12. The number of amides is 2. The number of methoxy groups -OCH3 is 1. The lowest BCUT2D eigenvalue weighted by atomic mass is 9.65. The molecule has 1 saturated heterocycles. The van der Waals surface area contributed by atoms with Gasteiger partial charge in [0, 0.05) is 26.1 Å². The summed E-state index contributed by atoms with van der Waals surface area (Å²) in [6.07, 6.45) is 4.58. The fourth-order valence-electron chi connectivity index (χ4n) is 5.91. The van der Waals surface area contributed by atoms with Gasteiger partial charge in [-0.3, -0.25) is 9.59 Å². The summed E-state index contributed by atoms with van der Waals surface area (Å²) in [6, 6.07) is 8.45. The maximum atomic E-state index is 13.8. The van der Waals surface area contributed by atoms with Gasteiger partial charge in [-0.15, -0.1) is 0 Å². The number of carbonyl (C=O) groups excluding carboxylic acids is 2. The number of nitrogens with one attached hydrogen (secondary N) is 1. The molecule has 1 aromatic carbocycles. The number of anilines is 2. The van der Waals surface area contributed by atoms with E-state index in [1.165, 1.54) is 24.3 Å². The fourth-order valence-corrected chi connectivity index (χ4v) is 5.91. The number of rotatable bonds is 4. The summed E-state index contributed by atoms with van der Waals surface area (Å²) >= 11 is 0. The molecule has 9 nitrogen and oxygen atoms in total. The zero-order valence-corrected chi connectivity index (χ0v) is 20.7. The van der Waals surface area contributed by atoms with Crippen LogP contribution in [0.25, 0.3) is 0 Å². The van der Waals surface area contributed by atoms with E-state index in [4.69, 9.17) is 4.74 Å². The molecule has 3 aliphatic rings. The van der Waals surface area contributed by atoms with Gasteiger partial charge in [0.1, 0.15) is 5.69 Å². The number of benzene rings is 1. The van der Waals surface area contributed by atoms with E-state index in [1.54, 1.807) is 4.90 Å². The molecule has 2 amide bonds. The van der Waals surface area contributed by atoms with Crippen LogP contribution in [-0.2, 0) is 27.8 Å². The Morgan fingerprint density at radius 3 is 2.97 bits per heavy atom. The lowest BCUT2D eigenvalue weighted by Crippen LogP contribution is -2.55. The van der Waals surface area contributed by atoms with Crippen LogP contribution >= 0.6 is 0 Å². The number of nitrogens with zero attached hydrogens (tertiary/aromatic N) is 5. The van der Waals surface area contributed by atoms with Crippen LogP contribution < -0.4 is 15.0 Å². The first-order valence-corrected chi connectivity index (χ1v) is 12.3. The van der Waals surface area contributed by atoms with Crippen molar-refractivity contribution in [3.63, 3.8) is 0 Å².